The van der Waals surface area contributed by atoms with Crippen LogP contribution in [0.4, 0.5) is 5.95 Å². The molecule has 0 aliphatic rings. The average Bonchev–Trinajstić information content (AvgIpc) is 2.37. The number of anilines is 1. The molecule has 0 saturated carbocycles. The van der Waals surface area contributed by atoms with E-state index in [-0.39, 0.29) is 5.95 Å². The Labute approximate surface area is 112 Å². The number of rotatable bonds is 8. The van der Waals surface area contributed by atoms with Crippen LogP contribution >= 0.6 is 0 Å². The zero-order valence-electron chi connectivity index (χ0n) is 11.3. The minimum Gasteiger partial charge on any atom is -0.481 e. The number of carboxylic acid groups (broad SMARTS) is 1. The first-order valence-electron chi connectivity index (χ1n) is 5.94. The fraction of sp³-hybridized carbons (Fsp3) is 0.583. The van der Waals surface area contributed by atoms with Crippen molar-refractivity contribution in [1.82, 2.24) is 9.97 Å². The van der Waals surface area contributed by atoms with Gasteiger partial charge in [-0.25, -0.2) is 9.78 Å². The minimum absolute atomic E-state index is 0.252. The van der Waals surface area contributed by atoms with Crippen LogP contribution in [-0.4, -0.2) is 47.9 Å². The summed E-state index contributed by atoms with van der Waals surface area (Å²) in [7, 11) is 3.08. The maximum atomic E-state index is 11.1. The molecule has 1 rings (SSSR count). The molecular weight excluding hydrogens is 250 g/mol. The molecule has 1 aromatic heterocycles. The van der Waals surface area contributed by atoms with E-state index in [0.717, 1.165) is 0 Å². The van der Waals surface area contributed by atoms with Gasteiger partial charge in [-0.1, -0.05) is 0 Å². The van der Waals surface area contributed by atoms with E-state index in [1.807, 2.05) is 0 Å². The second-order valence-corrected chi connectivity index (χ2v) is 4.05. The van der Waals surface area contributed by atoms with Crippen molar-refractivity contribution in [2.75, 3.05) is 26.1 Å². The lowest BCUT2D eigenvalue weighted by Gasteiger charge is -2.14. The molecule has 2 N–H and O–H groups in total. The average molecular weight is 269 g/mol. The van der Waals surface area contributed by atoms with Crippen LogP contribution in [0.15, 0.2) is 6.07 Å². The van der Waals surface area contributed by atoms with Crippen LogP contribution in [0, 0.1) is 6.92 Å². The topological polar surface area (TPSA) is 93.6 Å². The van der Waals surface area contributed by atoms with Crippen molar-refractivity contribution in [3.8, 4) is 5.88 Å². The highest BCUT2D eigenvalue weighted by molar-refractivity contribution is 5.76. The highest BCUT2D eigenvalue weighted by Gasteiger charge is 2.18. The summed E-state index contributed by atoms with van der Waals surface area (Å²) in [6, 6.07) is 0.924. The third-order valence-electron chi connectivity index (χ3n) is 2.48. The highest BCUT2D eigenvalue weighted by Crippen LogP contribution is 2.13. The van der Waals surface area contributed by atoms with Crippen molar-refractivity contribution in [2.24, 2.45) is 0 Å². The molecule has 1 unspecified atom stereocenters. The monoisotopic (exact) mass is 269 g/mol. The van der Waals surface area contributed by atoms with Crippen LogP contribution in [0.5, 0.6) is 5.88 Å². The second kappa shape index (κ2) is 7.52. The van der Waals surface area contributed by atoms with Gasteiger partial charge in [0.25, 0.3) is 0 Å². The van der Waals surface area contributed by atoms with Gasteiger partial charge in [0.1, 0.15) is 6.04 Å². The van der Waals surface area contributed by atoms with Gasteiger partial charge in [-0.15, -0.1) is 0 Å². The van der Waals surface area contributed by atoms with Crippen LogP contribution in [-0.2, 0) is 9.53 Å². The first kappa shape index (κ1) is 15.2. The fourth-order valence-corrected chi connectivity index (χ4v) is 1.55. The highest BCUT2D eigenvalue weighted by atomic mass is 16.5. The molecule has 0 radical (unpaired) electrons. The fourth-order valence-electron chi connectivity index (χ4n) is 1.55. The van der Waals surface area contributed by atoms with Gasteiger partial charge in [-0.05, 0) is 19.8 Å². The van der Waals surface area contributed by atoms with E-state index < -0.39 is 12.0 Å². The molecule has 1 heterocycles. The molecule has 7 heteroatoms. The van der Waals surface area contributed by atoms with E-state index >= 15 is 0 Å². The third-order valence-corrected chi connectivity index (χ3v) is 2.48. The normalized spacial score (nSPS) is 11.9. The van der Waals surface area contributed by atoms with E-state index in [0.29, 0.717) is 31.0 Å². The van der Waals surface area contributed by atoms with E-state index in [4.69, 9.17) is 14.6 Å². The zero-order chi connectivity index (χ0) is 14.3. The quantitative estimate of drug-likeness (QED) is 0.682. The number of nitrogens with zero attached hydrogens (tertiary/aromatic N) is 2. The Morgan fingerprint density at radius 1 is 1.47 bits per heavy atom. The first-order valence-corrected chi connectivity index (χ1v) is 5.94. The summed E-state index contributed by atoms with van der Waals surface area (Å²) in [5, 5.41) is 11.9. The summed E-state index contributed by atoms with van der Waals surface area (Å²) in [6.07, 6.45) is 1.08. The SMILES string of the molecule is COCCCC(Nc1nc(C)cc(OC)n1)C(=O)O. The van der Waals surface area contributed by atoms with Gasteiger partial charge in [-0.2, -0.15) is 4.98 Å². The van der Waals surface area contributed by atoms with Crippen molar-refractivity contribution in [2.45, 2.75) is 25.8 Å². The number of hydrogen-bond acceptors (Lipinski definition) is 6. The number of aromatic nitrogens is 2. The number of aliphatic carboxylic acids is 1. The van der Waals surface area contributed by atoms with Gasteiger partial charge in [0.15, 0.2) is 0 Å². The van der Waals surface area contributed by atoms with Crippen molar-refractivity contribution in [3.63, 3.8) is 0 Å². The molecule has 106 valence electrons. The van der Waals surface area contributed by atoms with Gasteiger partial charge < -0.3 is 19.9 Å². The van der Waals surface area contributed by atoms with Crippen molar-refractivity contribution in [1.29, 1.82) is 0 Å². The molecule has 0 fully saturated rings. The maximum absolute atomic E-state index is 11.1. The van der Waals surface area contributed by atoms with Crippen molar-refractivity contribution < 1.29 is 19.4 Å². The Morgan fingerprint density at radius 2 is 2.21 bits per heavy atom. The molecule has 0 spiro atoms. The number of ether oxygens (including phenoxy) is 2. The summed E-state index contributed by atoms with van der Waals surface area (Å²) in [6.45, 7) is 2.31. The van der Waals surface area contributed by atoms with Gasteiger partial charge in [-0.3, -0.25) is 0 Å². The molecule has 1 atom stereocenters. The van der Waals surface area contributed by atoms with E-state index in [9.17, 15) is 4.79 Å². The largest absolute Gasteiger partial charge is 0.481 e. The zero-order valence-corrected chi connectivity index (χ0v) is 11.3. The maximum Gasteiger partial charge on any atom is 0.326 e. The molecule has 0 bridgehead atoms. The molecule has 7 nitrogen and oxygen atoms in total. The summed E-state index contributed by atoms with van der Waals surface area (Å²) < 4.78 is 9.92. The lowest BCUT2D eigenvalue weighted by Crippen LogP contribution is -2.30. The number of methoxy groups -OCH3 is 2. The molecule has 1 aromatic rings. The van der Waals surface area contributed by atoms with Gasteiger partial charge in [0.05, 0.1) is 7.11 Å². The van der Waals surface area contributed by atoms with Crippen molar-refractivity contribution >= 4 is 11.9 Å². The molecule has 0 aliphatic heterocycles. The number of carboxylic acids is 1. The third kappa shape index (κ3) is 5.09. The Morgan fingerprint density at radius 3 is 2.79 bits per heavy atom. The first-order chi connectivity index (χ1) is 9.06. The van der Waals surface area contributed by atoms with Gasteiger partial charge in [0, 0.05) is 25.5 Å². The van der Waals surface area contributed by atoms with Crippen LogP contribution in [0.1, 0.15) is 18.5 Å². The Bertz CT molecular complexity index is 425. The predicted octanol–water partition coefficient (Wildman–Crippen LogP) is 1.09. The molecule has 19 heavy (non-hydrogen) atoms. The smallest absolute Gasteiger partial charge is 0.326 e. The number of carbonyl (C=O) groups is 1. The van der Waals surface area contributed by atoms with E-state index in [2.05, 4.69) is 15.3 Å². The van der Waals surface area contributed by atoms with Crippen LogP contribution < -0.4 is 10.1 Å². The Balaban J connectivity index is 2.72. The molecular formula is C12H19N3O4. The van der Waals surface area contributed by atoms with Crippen LogP contribution in [0.3, 0.4) is 0 Å². The molecule has 0 aliphatic carbocycles. The standard InChI is InChI=1S/C12H19N3O4/c1-8-7-10(19-3)15-12(13-8)14-9(11(16)17)5-4-6-18-2/h7,9H,4-6H2,1-3H3,(H,16,17)(H,13,14,15). The second-order valence-electron chi connectivity index (χ2n) is 4.05. The number of hydrogen-bond donors (Lipinski definition) is 2. The Hall–Kier alpha value is -1.89. The lowest BCUT2D eigenvalue weighted by molar-refractivity contribution is -0.138. The molecule has 0 amide bonds. The summed E-state index contributed by atoms with van der Waals surface area (Å²) in [4.78, 5) is 19.3. The van der Waals surface area contributed by atoms with Crippen LogP contribution in [0.25, 0.3) is 0 Å². The summed E-state index contributed by atoms with van der Waals surface area (Å²) in [5.74, 6) is -0.294. The number of aryl methyl sites for hydroxylation is 1. The summed E-state index contributed by atoms with van der Waals surface area (Å²) in [5.41, 5.74) is 0.704. The number of nitrogens with one attached hydrogen (secondary N) is 1. The molecule has 0 aromatic carbocycles. The van der Waals surface area contributed by atoms with Gasteiger partial charge >= 0.3 is 5.97 Å². The lowest BCUT2D eigenvalue weighted by atomic mass is 10.1. The predicted molar refractivity (Wildman–Crippen MR) is 69.5 cm³/mol. The van der Waals surface area contributed by atoms with Gasteiger partial charge in [0.2, 0.25) is 11.8 Å². The summed E-state index contributed by atoms with van der Waals surface area (Å²) >= 11 is 0. The van der Waals surface area contributed by atoms with Crippen LogP contribution in [0.2, 0.25) is 0 Å². The minimum atomic E-state index is -0.944. The van der Waals surface area contributed by atoms with Crippen molar-refractivity contribution in [3.05, 3.63) is 11.8 Å². The Kier molecular flexibility index (Phi) is 6.01. The van der Waals surface area contributed by atoms with E-state index in [1.54, 1.807) is 20.1 Å². The molecule has 0 saturated heterocycles. The van der Waals surface area contributed by atoms with E-state index in [1.165, 1.54) is 7.11 Å².